The molecule has 0 unspecified atom stereocenters. The van der Waals surface area contributed by atoms with E-state index >= 15 is 0 Å². The van der Waals surface area contributed by atoms with Crippen molar-refractivity contribution in [2.75, 3.05) is 23.7 Å². The summed E-state index contributed by atoms with van der Waals surface area (Å²) in [6.07, 6.45) is 2.12. The van der Waals surface area contributed by atoms with Gasteiger partial charge in [-0.3, -0.25) is 13.9 Å². The topological polar surface area (TPSA) is 86.8 Å². The number of benzene rings is 2. The molecule has 7 nitrogen and oxygen atoms in total. The summed E-state index contributed by atoms with van der Waals surface area (Å²) in [4.78, 5) is 27.1. The van der Waals surface area contributed by atoms with Crippen LogP contribution in [0.25, 0.3) is 0 Å². The van der Waals surface area contributed by atoms with Crippen molar-refractivity contribution < 1.29 is 22.4 Å². The minimum Gasteiger partial charge on any atom is -0.354 e. The highest BCUT2D eigenvalue weighted by atomic mass is 35.5. The molecule has 2 amide bonds. The molecule has 1 atom stereocenters. The zero-order chi connectivity index (χ0) is 25.3. The summed E-state index contributed by atoms with van der Waals surface area (Å²) < 4.78 is 39.2. The highest BCUT2D eigenvalue weighted by molar-refractivity contribution is 7.92. The van der Waals surface area contributed by atoms with E-state index in [0.717, 1.165) is 12.7 Å². The van der Waals surface area contributed by atoms with Crippen LogP contribution in [0.4, 0.5) is 10.1 Å². The average Bonchev–Trinajstić information content (AvgIpc) is 2.78. The third-order valence-electron chi connectivity index (χ3n) is 5.23. The Bertz CT molecular complexity index is 1080. The van der Waals surface area contributed by atoms with E-state index in [1.807, 2.05) is 6.92 Å². The first-order valence-electron chi connectivity index (χ1n) is 11.1. The van der Waals surface area contributed by atoms with Crippen molar-refractivity contribution in [1.29, 1.82) is 0 Å². The molecular formula is C24H31ClFN3O4S. The van der Waals surface area contributed by atoms with Gasteiger partial charge in [0.15, 0.2) is 0 Å². The lowest BCUT2D eigenvalue weighted by atomic mass is 10.1. The zero-order valence-electron chi connectivity index (χ0n) is 19.6. The number of carbonyl (C=O) groups is 2. The van der Waals surface area contributed by atoms with Gasteiger partial charge in [-0.2, -0.15) is 0 Å². The Morgan fingerprint density at radius 3 is 2.41 bits per heavy atom. The fourth-order valence-electron chi connectivity index (χ4n) is 3.40. The van der Waals surface area contributed by atoms with Crippen molar-refractivity contribution in [2.45, 2.75) is 45.7 Å². The van der Waals surface area contributed by atoms with Crippen LogP contribution in [0.5, 0.6) is 0 Å². The molecule has 186 valence electrons. The second-order valence-corrected chi connectivity index (χ2v) is 10.4. The molecule has 0 aliphatic heterocycles. The van der Waals surface area contributed by atoms with Gasteiger partial charge in [-0.05, 0) is 55.7 Å². The molecule has 0 heterocycles. The van der Waals surface area contributed by atoms with E-state index in [4.69, 9.17) is 11.6 Å². The van der Waals surface area contributed by atoms with Crippen molar-refractivity contribution in [2.24, 2.45) is 0 Å². The Labute approximate surface area is 205 Å². The van der Waals surface area contributed by atoms with Gasteiger partial charge in [-0.15, -0.1) is 0 Å². The lowest BCUT2D eigenvalue weighted by Gasteiger charge is -2.29. The van der Waals surface area contributed by atoms with E-state index < -0.39 is 21.9 Å². The van der Waals surface area contributed by atoms with Crippen molar-refractivity contribution >= 4 is 39.1 Å². The Morgan fingerprint density at radius 2 is 1.82 bits per heavy atom. The molecule has 2 rings (SSSR count). The van der Waals surface area contributed by atoms with E-state index in [1.54, 1.807) is 43.3 Å². The predicted molar refractivity (Wildman–Crippen MR) is 133 cm³/mol. The van der Waals surface area contributed by atoms with Crippen LogP contribution in [0, 0.1) is 5.82 Å². The number of halogens is 2. The Kier molecular flexibility index (Phi) is 10.3. The van der Waals surface area contributed by atoms with Crippen LogP contribution in [0.1, 0.15) is 38.7 Å². The smallest absolute Gasteiger partial charge is 0.242 e. The van der Waals surface area contributed by atoms with Gasteiger partial charge in [0.05, 0.1) is 11.9 Å². The molecule has 10 heteroatoms. The molecule has 0 fully saturated rings. The maximum Gasteiger partial charge on any atom is 0.242 e. The molecular weight excluding hydrogens is 481 g/mol. The number of nitrogens with one attached hydrogen (secondary N) is 1. The second kappa shape index (κ2) is 12.7. The van der Waals surface area contributed by atoms with Crippen LogP contribution >= 0.6 is 11.6 Å². The number of hydrogen-bond acceptors (Lipinski definition) is 4. The largest absolute Gasteiger partial charge is 0.354 e. The Morgan fingerprint density at radius 1 is 1.15 bits per heavy atom. The Hall–Kier alpha value is -2.65. The van der Waals surface area contributed by atoms with E-state index in [2.05, 4.69) is 5.32 Å². The summed E-state index contributed by atoms with van der Waals surface area (Å²) in [5.74, 6) is -0.978. The average molecular weight is 512 g/mol. The van der Waals surface area contributed by atoms with Gasteiger partial charge in [-0.1, -0.05) is 36.7 Å². The summed E-state index contributed by atoms with van der Waals surface area (Å²) in [7, 11) is -3.60. The highest BCUT2D eigenvalue weighted by Gasteiger charge is 2.26. The quantitative estimate of drug-likeness (QED) is 0.467. The second-order valence-electron chi connectivity index (χ2n) is 8.03. The van der Waals surface area contributed by atoms with Gasteiger partial charge in [-0.25, -0.2) is 12.8 Å². The maximum atomic E-state index is 13.3. The van der Waals surface area contributed by atoms with Gasteiger partial charge in [0, 0.05) is 31.1 Å². The summed E-state index contributed by atoms with van der Waals surface area (Å²) in [5.41, 5.74) is 1.10. The zero-order valence-corrected chi connectivity index (χ0v) is 21.2. The summed E-state index contributed by atoms with van der Waals surface area (Å²) in [6.45, 7) is 4.27. The SMILES string of the molecule is CCCNC(=O)[C@H](C)N(Cc1ccc(F)cc1)C(=O)CCCN(c1cccc(Cl)c1)S(C)(=O)=O. The standard InChI is InChI=1S/C24H31ClFN3O4S/c1-4-14-27-24(31)18(2)28(17-19-10-12-21(26)13-11-19)23(30)9-6-15-29(34(3,32)33)22-8-5-7-20(25)16-22/h5,7-8,10-13,16,18H,4,6,9,14-15,17H2,1-3H3,(H,27,31)/t18-/m0/s1. The number of sulfonamides is 1. The Balaban J connectivity index is 2.14. The van der Waals surface area contributed by atoms with Gasteiger partial charge in [0.25, 0.3) is 0 Å². The van der Waals surface area contributed by atoms with Crippen LogP contribution in [0.15, 0.2) is 48.5 Å². The normalized spacial score (nSPS) is 12.1. The molecule has 0 aliphatic carbocycles. The number of amides is 2. The van der Waals surface area contributed by atoms with E-state index in [0.29, 0.717) is 22.8 Å². The molecule has 0 saturated carbocycles. The van der Waals surface area contributed by atoms with Crippen molar-refractivity contribution in [1.82, 2.24) is 10.2 Å². The number of rotatable bonds is 12. The van der Waals surface area contributed by atoms with Gasteiger partial charge >= 0.3 is 0 Å². The fourth-order valence-corrected chi connectivity index (χ4v) is 4.54. The van der Waals surface area contributed by atoms with E-state index in [-0.39, 0.29) is 37.7 Å². The van der Waals surface area contributed by atoms with Gasteiger partial charge in [0.1, 0.15) is 11.9 Å². The fraction of sp³-hybridized carbons (Fsp3) is 0.417. The van der Waals surface area contributed by atoms with Crippen molar-refractivity contribution in [3.8, 4) is 0 Å². The van der Waals surface area contributed by atoms with Gasteiger partial charge in [0.2, 0.25) is 21.8 Å². The molecule has 0 aliphatic rings. The lowest BCUT2D eigenvalue weighted by Crippen LogP contribution is -2.47. The molecule has 1 N–H and O–H groups in total. The number of nitrogens with zero attached hydrogens (tertiary/aromatic N) is 2. The van der Waals surface area contributed by atoms with E-state index in [1.165, 1.54) is 21.3 Å². The van der Waals surface area contributed by atoms with Gasteiger partial charge < -0.3 is 10.2 Å². The van der Waals surface area contributed by atoms with Crippen LogP contribution in [0.3, 0.4) is 0 Å². The monoisotopic (exact) mass is 511 g/mol. The summed E-state index contributed by atoms with van der Waals surface area (Å²) in [5, 5.41) is 3.19. The molecule has 0 radical (unpaired) electrons. The van der Waals surface area contributed by atoms with Crippen LogP contribution in [-0.2, 0) is 26.2 Å². The first kappa shape index (κ1) is 27.6. The van der Waals surface area contributed by atoms with Crippen molar-refractivity contribution in [3.05, 3.63) is 64.9 Å². The third-order valence-corrected chi connectivity index (χ3v) is 6.66. The molecule has 2 aromatic carbocycles. The number of carbonyl (C=O) groups excluding carboxylic acids is 2. The third kappa shape index (κ3) is 8.29. The van der Waals surface area contributed by atoms with Crippen molar-refractivity contribution in [3.63, 3.8) is 0 Å². The molecule has 0 bridgehead atoms. The molecule has 0 spiro atoms. The van der Waals surface area contributed by atoms with Crippen LogP contribution < -0.4 is 9.62 Å². The minimum atomic E-state index is -3.60. The first-order valence-corrected chi connectivity index (χ1v) is 13.3. The number of hydrogen-bond donors (Lipinski definition) is 1. The first-order chi connectivity index (χ1) is 16.0. The van der Waals surface area contributed by atoms with Crippen LogP contribution in [-0.4, -0.2) is 50.5 Å². The maximum absolute atomic E-state index is 13.3. The predicted octanol–water partition coefficient (Wildman–Crippen LogP) is 3.97. The minimum absolute atomic E-state index is 0.0270. The molecule has 0 aromatic heterocycles. The molecule has 2 aromatic rings. The summed E-state index contributed by atoms with van der Waals surface area (Å²) >= 11 is 6.01. The van der Waals surface area contributed by atoms with Crippen LogP contribution in [0.2, 0.25) is 5.02 Å². The molecule has 0 saturated heterocycles. The highest BCUT2D eigenvalue weighted by Crippen LogP contribution is 2.22. The lowest BCUT2D eigenvalue weighted by molar-refractivity contribution is -0.140. The molecule has 34 heavy (non-hydrogen) atoms. The summed E-state index contributed by atoms with van der Waals surface area (Å²) in [6, 6.07) is 11.5. The number of anilines is 1. The van der Waals surface area contributed by atoms with E-state index in [9.17, 15) is 22.4 Å².